The van der Waals surface area contributed by atoms with Gasteiger partial charge in [-0.25, -0.2) is 0 Å². The Morgan fingerprint density at radius 2 is 1.94 bits per heavy atom. The summed E-state index contributed by atoms with van der Waals surface area (Å²) in [5.74, 6) is 0.796. The smallest absolute Gasteiger partial charge is 0.123 e. The minimum atomic E-state index is -0.233. The fourth-order valence-electron chi connectivity index (χ4n) is 2.30. The van der Waals surface area contributed by atoms with Gasteiger partial charge < -0.3 is 9.84 Å². The van der Waals surface area contributed by atoms with Crippen molar-refractivity contribution in [1.29, 1.82) is 5.26 Å². The first-order valence-electron chi connectivity index (χ1n) is 6.20. The molecule has 0 saturated carbocycles. The number of aliphatic hydroxyl groups excluding tert-OH is 1. The lowest BCUT2D eigenvalue weighted by molar-refractivity contribution is 0.0716. The molecule has 1 N–H and O–H groups in total. The lowest BCUT2D eigenvalue weighted by atomic mass is 10.0. The number of methoxy groups -OCH3 is 1. The van der Waals surface area contributed by atoms with Crippen LogP contribution in [0.3, 0.4) is 0 Å². The predicted octanol–water partition coefficient (Wildman–Crippen LogP) is 1.72. The highest BCUT2D eigenvalue weighted by Gasteiger charge is 2.24. The van der Waals surface area contributed by atoms with Crippen LogP contribution in [0.1, 0.15) is 24.4 Å². The Kier molecular flexibility index (Phi) is 4.19. The summed E-state index contributed by atoms with van der Waals surface area (Å²) in [5, 5.41) is 18.8. The van der Waals surface area contributed by atoms with Crippen LogP contribution in [-0.4, -0.2) is 36.3 Å². The summed E-state index contributed by atoms with van der Waals surface area (Å²) >= 11 is 0. The minimum absolute atomic E-state index is 0.212. The topological polar surface area (TPSA) is 56.5 Å². The molecule has 1 aromatic carbocycles. The number of benzene rings is 1. The third-order valence-electron chi connectivity index (χ3n) is 3.42. The number of nitriles is 1. The molecule has 0 amide bonds. The van der Waals surface area contributed by atoms with Crippen molar-refractivity contribution in [3.8, 4) is 11.8 Å². The molecule has 0 spiro atoms. The van der Waals surface area contributed by atoms with Crippen LogP contribution < -0.4 is 4.74 Å². The van der Waals surface area contributed by atoms with Gasteiger partial charge in [-0.2, -0.15) is 5.26 Å². The van der Waals surface area contributed by atoms with E-state index in [1.165, 1.54) is 0 Å². The number of rotatable bonds is 3. The van der Waals surface area contributed by atoms with Gasteiger partial charge in [-0.3, -0.25) is 4.90 Å². The van der Waals surface area contributed by atoms with Crippen molar-refractivity contribution in [3.05, 3.63) is 29.8 Å². The molecule has 1 aliphatic rings. The molecule has 96 valence electrons. The maximum Gasteiger partial charge on any atom is 0.123 e. The predicted molar refractivity (Wildman–Crippen MR) is 68.2 cm³/mol. The van der Waals surface area contributed by atoms with Gasteiger partial charge in [0.1, 0.15) is 11.8 Å². The van der Waals surface area contributed by atoms with Gasteiger partial charge in [0.15, 0.2) is 0 Å². The average molecular weight is 246 g/mol. The van der Waals surface area contributed by atoms with Crippen LogP contribution in [0.5, 0.6) is 5.75 Å². The molecule has 0 unspecified atom stereocenters. The second-order valence-electron chi connectivity index (χ2n) is 4.57. The van der Waals surface area contributed by atoms with Crippen LogP contribution in [0.15, 0.2) is 24.3 Å². The SMILES string of the molecule is COc1ccc([C@H](C#N)N2CCC(O)CC2)cc1. The van der Waals surface area contributed by atoms with E-state index in [4.69, 9.17) is 4.74 Å². The first kappa shape index (κ1) is 12.9. The zero-order valence-corrected chi connectivity index (χ0v) is 10.5. The number of hydrogen-bond acceptors (Lipinski definition) is 4. The van der Waals surface area contributed by atoms with Crippen LogP contribution in [0.2, 0.25) is 0 Å². The Balaban J connectivity index is 2.10. The van der Waals surface area contributed by atoms with Crippen LogP contribution in [0, 0.1) is 11.3 Å². The fraction of sp³-hybridized carbons (Fsp3) is 0.500. The first-order valence-corrected chi connectivity index (χ1v) is 6.20. The van der Waals surface area contributed by atoms with Gasteiger partial charge in [0.05, 0.1) is 19.3 Å². The largest absolute Gasteiger partial charge is 0.497 e. The van der Waals surface area contributed by atoms with E-state index >= 15 is 0 Å². The molecule has 1 aliphatic heterocycles. The van der Waals surface area contributed by atoms with E-state index < -0.39 is 0 Å². The minimum Gasteiger partial charge on any atom is -0.497 e. The molecule has 0 aromatic heterocycles. The summed E-state index contributed by atoms with van der Waals surface area (Å²) in [6, 6.07) is 9.71. The Hall–Kier alpha value is -1.57. The molecule has 18 heavy (non-hydrogen) atoms. The molecule has 0 aliphatic carbocycles. The van der Waals surface area contributed by atoms with Gasteiger partial charge >= 0.3 is 0 Å². The lowest BCUT2D eigenvalue weighted by Gasteiger charge is -2.32. The van der Waals surface area contributed by atoms with E-state index in [0.717, 1.165) is 37.2 Å². The van der Waals surface area contributed by atoms with E-state index in [1.54, 1.807) is 7.11 Å². The summed E-state index contributed by atoms with van der Waals surface area (Å²) in [7, 11) is 1.63. The molecular formula is C14H18N2O2. The standard InChI is InChI=1S/C14H18N2O2/c1-18-13-4-2-11(3-5-13)14(10-15)16-8-6-12(17)7-9-16/h2-5,12,14,17H,6-9H2,1H3/t14-/m0/s1. The van der Waals surface area contributed by atoms with Crippen LogP contribution in [0.25, 0.3) is 0 Å². The van der Waals surface area contributed by atoms with Gasteiger partial charge in [-0.15, -0.1) is 0 Å². The Morgan fingerprint density at radius 3 is 2.44 bits per heavy atom. The van der Waals surface area contributed by atoms with Crippen LogP contribution in [0.4, 0.5) is 0 Å². The van der Waals surface area contributed by atoms with Crippen molar-refractivity contribution in [2.45, 2.75) is 25.0 Å². The van der Waals surface area contributed by atoms with Crippen LogP contribution >= 0.6 is 0 Å². The highest BCUT2D eigenvalue weighted by atomic mass is 16.5. The van der Waals surface area contributed by atoms with Crippen molar-refractivity contribution in [2.24, 2.45) is 0 Å². The summed E-state index contributed by atoms with van der Waals surface area (Å²) in [6.45, 7) is 1.54. The first-order chi connectivity index (χ1) is 8.74. The van der Waals surface area contributed by atoms with E-state index in [0.29, 0.717) is 0 Å². The quantitative estimate of drug-likeness (QED) is 0.882. The summed E-state index contributed by atoms with van der Waals surface area (Å²) in [4.78, 5) is 2.12. The van der Waals surface area contributed by atoms with Crippen molar-refractivity contribution >= 4 is 0 Å². The maximum absolute atomic E-state index is 9.49. The number of piperidine rings is 1. The molecule has 1 fully saturated rings. The van der Waals surface area contributed by atoms with Crippen molar-refractivity contribution in [2.75, 3.05) is 20.2 Å². The summed E-state index contributed by atoms with van der Waals surface area (Å²) in [5.41, 5.74) is 0.981. The van der Waals surface area contributed by atoms with Crippen LogP contribution in [-0.2, 0) is 0 Å². The number of hydrogen-bond donors (Lipinski definition) is 1. The molecule has 1 saturated heterocycles. The van der Waals surface area contributed by atoms with E-state index in [1.807, 2.05) is 24.3 Å². The molecule has 4 nitrogen and oxygen atoms in total. The Bertz CT molecular complexity index is 416. The highest BCUT2D eigenvalue weighted by molar-refractivity contribution is 5.31. The van der Waals surface area contributed by atoms with Gasteiger partial charge in [0.25, 0.3) is 0 Å². The molecule has 1 aromatic rings. The zero-order valence-electron chi connectivity index (χ0n) is 10.5. The fourth-order valence-corrected chi connectivity index (χ4v) is 2.30. The van der Waals surface area contributed by atoms with Gasteiger partial charge in [-0.05, 0) is 30.5 Å². The molecule has 0 radical (unpaired) electrons. The molecule has 2 rings (SSSR count). The molecule has 4 heteroatoms. The lowest BCUT2D eigenvalue weighted by Crippen LogP contribution is -2.38. The molecular weight excluding hydrogens is 228 g/mol. The van der Waals surface area contributed by atoms with Crippen molar-refractivity contribution in [3.63, 3.8) is 0 Å². The summed E-state index contributed by atoms with van der Waals surface area (Å²) < 4.78 is 5.11. The maximum atomic E-state index is 9.49. The molecule has 1 heterocycles. The van der Waals surface area contributed by atoms with Gasteiger partial charge in [-0.1, -0.05) is 12.1 Å². The van der Waals surface area contributed by atoms with E-state index in [9.17, 15) is 10.4 Å². The normalized spacial score (nSPS) is 19.2. The molecule has 1 atom stereocenters. The van der Waals surface area contributed by atoms with E-state index in [2.05, 4.69) is 11.0 Å². The third-order valence-corrected chi connectivity index (χ3v) is 3.42. The number of nitrogens with zero attached hydrogens (tertiary/aromatic N) is 2. The second-order valence-corrected chi connectivity index (χ2v) is 4.57. The Morgan fingerprint density at radius 1 is 1.33 bits per heavy atom. The number of likely N-dealkylation sites (tertiary alicyclic amines) is 1. The van der Waals surface area contributed by atoms with Crippen molar-refractivity contribution in [1.82, 2.24) is 4.90 Å². The number of aliphatic hydroxyl groups is 1. The van der Waals surface area contributed by atoms with E-state index in [-0.39, 0.29) is 12.1 Å². The van der Waals surface area contributed by atoms with Crippen molar-refractivity contribution < 1.29 is 9.84 Å². The average Bonchev–Trinajstić information content (AvgIpc) is 2.42. The highest BCUT2D eigenvalue weighted by Crippen LogP contribution is 2.25. The molecule has 0 bridgehead atoms. The Labute approximate surface area is 107 Å². The van der Waals surface area contributed by atoms with Gasteiger partial charge in [0, 0.05) is 13.1 Å². The third kappa shape index (κ3) is 2.81. The van der Waals surface area contributed by atoms with Gasteiger partial charge in [0.2, 0.25) is 0 Å². The zero-order chi connectivity index (χ0) is 13.0. The summed E-state index contributed by atoms with van der Waals surface area (Å²) in [6.07, 6.45) is 1.28. The monoisotopic (exact) mass is 246 g/mol. The second kappa shape index (κ2) is 5.85. The number of ether oxygens (including phenoxy) is 1.